The summed E-state index contributed by atoms with van der Waals surface area (Å²) < 4.78 is 16.5. The number of nitrogens with zero attached hydrogens (tertiary/aromatic N) is 2. The van der Waals surface area contributed by atoms with Crippen LogP contribution in [0.3, 0.4) is 0 Å². The summed E-state index contributed by atoms with van der Waals surface area (Å²) in [5.41, 5.74) is 4.48. The van der Waals surface area contributed by atoms with Crippen molar-refractivity contribution in [3.63, 3.8) is 0 Å². The topological polar surface area (TPSA) is 81.4 Å². The second kappa shape index (κ2) is 9.36. The van der Waals surface area contributed by atoms with Crippen molar-refractivity contribution in [2.45, 2.75) is 18.9 Å². The number of nitriles is 1. The molecule has 1 aliphatic rings. The van der Waals surface area contributed by atoms with Crippen LogP contribution in [-0.2, 0) is 17.6 Å². The Bertz CT molecular complexity index is 1200. The first-order chi connectivity index (χ1) is 15.6. The molecular weight excluding hydrogens is 404 g/mol. The quantitative estimate of drug-likeness (QED) is 0.427. The van der Waals surface area contributed by atoms with Gasteiger partial charge in [0.2, 0.25) is 0 Å². The van der Waals surface area contributed by atoms with Crippen LogP contribution in [0.5, 0.6) is 11.5 Å². The van der Waals surface area contributed by atoms with Crippen LogP contribution >= 0.6 is 0 Å². The maximum Gasteiger partial charge on any atom is 0.337 e. The molecule has 1 aromatic heterocycles. The normalized spacial score (nSPS) is 13.2. The fraction of sp³-hybridized carbons (Fsp3) is 0.192. The highest BCUT2D eigenvalue weighted by Crippen LogP contribution is 2.32. The highest BCUT2D eigenvalue weighted by atomic mass is 16.5. The summed E-state index contributed by atoms with van der Waals surface area (Å²) in [4.78, 5) is 16.2. The monoisotopic (exact) mass is 426 g/mol. The van der Waals surface area contributed by atoms with E-state index in [0.717, 1.165) is 12.8 Å². The number of benzene rings is 2. The number of fused-ring (bicyclic) bond motifs is 1. The van der Waals surface area contributed by atoms with Crippen molar-refractivity contribution in [2.75, 3.05) is 14.2 Å². The lowest BCUT2D eigenvalue weighted by Gasteiger charge is -2.16. The molecule has 1 heterocycles. The van der Waals surface area contributed by atoms with E-state index in [1.165, 1.54) is 18.2 Å². The van der Waals surface area contributed by atoms with Gasteiger partial charge in [0.05, 0.1) is 43.3 Å². The number of hydrogen-bond acceptors (Lipinski definition) is 6. The molecule has 0 N–H and O–H groups in total. The molecule has 160 valence electrons. The summed E-state index contributed by atoms with van der Waals surface area (Å²) in [6, 6.07) is 19.0. The summed E-state index contributed by atoms with van der Waals surface area (Å²) >= 11 is 0. The van der Waals surface area contributed by atoms with Gasteiger partial charge in [0.15, 0.2) is 11.5 Å². The molecule has 1 aliphatic carbocycles. The van der Waals surface area contributed by atoms with E-state index in [2.05, 4.69) is 23.2 Å². The van der Waals surface area contributed by atoms with E-state index in [1.54, 1.807) is 49.7 Å². The van der Waals surface area contributed by atoms with Crippen LogP contribution in [0.2, 0.25) is 0 Å². The van der Waals surface area contributed by atoms with Gasteiger partial charge in [0.25, 0.3) is 0 Å². The van der Waals surface area contributed by atoms with Gasteiger partial charge in [-0.25, -0.2) is 4.79 Å². The molecule has 0 atom stereocenters. The summed E-state index contributed by atoms with van der Waals surface area (Å²) in [7, 11) is 2.89. The van der Waals surface area contributed by atoms with Gasteiger partial charge in [-0.3, -0.25) is 4.98 Å². The maximum atomic E-state index is 11.8. The number of esters is 1. The second-order valence-electron chi connectivity index (χ2n) is 7.42. The molecule has 0 spiro atoms. The lowest BCUT2D eigenvalue weighted by atomic mass is 10.0. The Kier molecular flexibility index (Phi) is 6.18. The molecule has 32 heavy (non-hydrogen) atoms. The molecule has 0 aliphatic heterocycles. The predicted molar refractivity (Wildman–Crippen MR) is 120 cm³/mol. The molecule has 0 saturated carbocycles. The number of allylic oxidation sites excluding steroid dienone is 1. The lowest BCUT2D eigenvalue weighted by molar-refractivity contribution is 0.0600. The van der Waals surface area contributed by atoms with Crippen LogP contribution in [0.25, 0.3) is 11.6 Å². The standard InChI is InChI=1S/C26H22N2O4/c1-30-25-16-28-22(11-21(15-27)17-8-5-9-20(10-17)26(29)31-2)14-24(25)32-23-12-18-6-3-4-7-19(18)13-23/h3-11,14,16,23H,12-13H2,1-2H3/b21-11+. The van der Waals surface area contributed by atoms with Crippen LogP contribution < -0.4 is 9.47 Å². The minimum atomic E-state index is -0.458. The molecule has 0 amide bonds. The van der Waals surface area contributed by atoms with Gasteiger partial charge in [-0.15, -0.1) is 0 Å². The maximum absolute atomic E-state index is 11.8. The van der Waals surface area contributed by atoms with Crippen LogP contribution in [0.15, 0.2) is 60.8 Å². The van der Waals surface area contributed by atoms with Crippen LogP contribution in [0.4, 0.5) is 0 Å². The second-order valence-corrected chi connectivity index (χ2v) is 7.42. The Morgan fingerprint density at radius 3 is 2.41 bits per heavy atom. The Labute approximate surface area is 186 Å². The van der Waals surface area contributed by atoms with Gasteiger partial charge < -0.3 is 14.2 Å². The summed E-state index contributed by atoms with van der Waals surface area (Å²) in [5.74, 6) is 0.649. The minimum absolute atomic E-state index is 0.00713. The van der Waals surface area contributed by atoms with Gasteiger partial charge in [-0.05, 0) is 34.9 Å². The van der Waals surface area contributed by atoms with Gasteiger partial charge in [0.1, 0.15) is 6.10 Å². The molecule has 0 saturated heterocycles. The molecule has 0 fully saturated rings. The van der Waals surface area contributed by atoms with Crippen molar-refractivity contribution in [3.8, 4) is 17.6 Å². The van der Waals surface area contributed by atoms with E-state index < -0.39 is 5.97 Å². The predicted octanol–water partition coefficient (Wildman–Crippen LogP) is 4.49. The number of hydrogen-bond donors (Lipinski definition) is 0. The van der Waals surface area contributed by atoms with Crippen LogP contribution in [-0.4, -0.2) is 31.3 Å². The molecule has 0 bridgehead atoms. The highest BCUT2D eigenvalue weighted by Gasteiger charge is 2.23. The smallest absolute Gasteiger partial charge is 0.337 e. The van der Waals surface area contributed by atoms with Crippen molar-refractivity contribution in [3.05, 3.63) is 88.7 Å². The van der Waals surface area contributed by atoms with Gasteiger partial charge in [-0.2, -0.15) is 5.26 Å². The van der Waals surface area contributed by atoms with E-state index >= 15 is 0 Å². The van der Waals surface area contributed by atoms with E-state index in [0.29, 0.717) is 33.9 Å². The molecule has 6 heteroatoms. The first-order valence-electron chi connectivity index (χ1n) is 10.2. The zero-order chi connectivity index (χ0) is 22.5. The molecule has 3 aromatic rings. The fourth-order valence-electron chi connectivity index (χ4n) is 3.80. The lowest BCUT2D eigenvalue weighted by Crippen LogP contribution is -2.17. The zero-order valence-corrected chi connectivity index (χ0v) is 17.9. The summed E-state index contributed by atoms with van der Waals surface area (Å²) in [5, 5.41) is 9.71. The van der Waals surface area contributed by atoms with Crippen LogP contribution in [0, 0.1) is 11.3 Å². The number of aromatic nitrogens is 1. The Morgan fingerprint density at radius 1 is 1.03 bits per heavy atom. The van der Waals surface area contributed by atoms with Crippen molar-refractivity contribution in [1.82, 2.24) is 4.98 Å². The molecule has 6 nitrogen and oxygen atoms in total. The Hall–Kier alpha value is -4.11. The fourth-order valence-corrected chi connectivity index (χ4v) is 3.80. The van der Waals surface area contributed by atoms with Crippen molar-refractivity contribution < 1.29 is 19.0 Å². The van der Waals surface area contributed by atoms with Crippen molar-refractivity contribution in [2.24, 2.45) is 0 Å². The van der Waals surface area contributed by atoms with E-state index in [4.69, 9.17) is 14.2 Å². The first kappa shape index (κ1) is 21.1. The number of carbonyl (C=O) groups excluding carboxylic acids is 1. The van der Waals surface area contributed by atoms with Crippen LogP contribution in [0.1, 0.15) is 32.7 Å². The van der Waals surface area contributed by atoms with Crippen molar-refractivity contribution in [1.29, 1.82) is 5.26 Å². The van der Waals surface area contributed by atoms with Gasteiger partial charge in [-0.1, -0.05) is 36.4 Å². The van der Waals surface area contributed by atoms with E-state index in [-0.39, 0.29) is 6.10 Å². The largest absolute Gasteiger partial charge is 0.491 e. The third kappa shape index (κ3) is 4.47. The minimum Gasteiger partial charge on any atom is -0.491 e. The average Bonchev–Trinajstić information content (AvgIpc) is 3.24. The Balaban J connectivity index is 1.61. The zero-order valence-electron chi connectivity index (χ0n) is 17.9. The molecular formula is C26H22N2O4. The third-order valence-electron chi connectivity index (χ3n) is 5.39. The molecule has 4 rings (SSSR count). The molecule has 2 aromatic carbocycles. The SMILES string of the molecule is COC(=O)c1cccc(/C(C#N)=C/c2cc(OC3Cc4ccccc4C3)c(OC)cn2)c1. The van der Waals surface area contributed by atoms with Gasteiger partial charge >= 0.3 is 5.97 Å². The number of pyridine rings is 1. The number of rotatable bonds is 6. The highest BCUT2D eigenvalue weighted by molar-refractivity contribution is 5.94. The molecule has 0 unspecified atom stereocenters. The Morgan fingerprint density at radius 2 is 1.75 bits per heavy atom. The van der Waals surface area contributed by atoms with E-state index in [9.17, 15) is 10.1 Å². The number of methoxy groups -OCH3 is 2. The average molecular weight is 426 g/mol. The first-order valence-corrected chi connectivity index (χ1v) is 10.2. The number of carbonyl (C=O) groups is 1. The van der Waals surface area contributed by atoms with E-state index in [1.807, 2.05) is 12.1 Å². The van der Waals surface area contributed by atoms with Crippen molar-refractivity contribution >= 4 is 17.6 Å². The third-order valence-corrected chi connectivity index (χ3v) is 5.39. The number of ether oxygens (including phenoxy) is 3. The summed E-state index contributed by atoms with van der Waals surface area (Å²) in [6.07, 6.45) is 4.91. The van der Waals surface area contributed by atoms with Gasteiger partial charge in [0, 0.05) is 18.9 Å². The molecule has 0 radical (unpaired) electrons. The summed E-state index contributed by atoms with van der Waals surface area (Å²) in [6.45, 7) is 0.